The largest absolute Gasteiger partial charge is 0.332 e. The van der Waals surface area contributed by atoms with Crippen molar-refractivity contribution in [1.29, 1.82) is 0 Å². The second kappa shape index (κ2) is 7.61. The average Bonchev–Trinajstić information content (AvgIpc) is 3.16. The van der Waals surface area contributed by atoms with Gasteiger partial charge in [0, 0.05) is 11.4 Å². The molecule has 2 rings (SSSR count). The van der Waals surface area contributed by atoms with Crippen molar-refractivity contribution in [2.45, 2.75) is 38.8 Å². The second-order valence-electron chi connectivity index (χ2n) is 5.75. The van der Waals surface area contributed by atoms with Gasteiger partial charge in [-0.2, -0.15) is 0 Å². The first-order chi connectivity index (χ1) is 11.5. The minimum Gasteiger partial charge on any atom is -0.332 e. The van der Waals surface area contributed by atoms with Gasteiger partial charge < -0.3 is 10.2 Å². The van der Waals surface area contributed by atoms with E-state index in [1.807, 2.05) is 31.4 Å². The minimum atomic E-state index is -0.881. The number of thiophene rings is 1. The van der Waals surface area contributed by atoms with E-state index in [4.69, 9.17) is 0 Å². The van der Waals surface area contributed by atoms with E-state index in [2.05, 4.69) is 11.9 Å². The summed E-state index contributed by atoms with van der Waals surface area (Å²) in [5, 5.41) is 4.68. The lowest BCUT2D eigenvalue weighted by molar-refractivity contribution is -0.139. The molecule has 1 N–H and O–H groups in total. The maximum atomic E-state index is 12.6. The van der Waals surface area contributed by atoms with E-state index in [-0.39, 0.29) is 18.4 Å². The van der Waals surface area contributed by atoms with Crippen molar-refractivity contribution in [3.8, 4) is 0 Å². The molecule has 1 saturated heterocycles. The Balaban J connectivity index is 2.10. The summed E-state index contributed by atoms with van der Waals surface area (Å²) in [6.07, 6.45) is 2.65. The molecule has 4 amide bonds. The molecule has 1 aromatic rings. The number of nitrogens with zero attached hydrogens (tertiary/aromatic N) is 2. The van der Waals surface area contributed by atoms with E-state index in [9.17, 15) is 14.4 Å². The smallest absolute Gasteiger partial charge is 0.325 e. The molecule has 0 bridgehead atoms. The second-order valence-corrected chi connectivity index (χ2v) is 6.79. The monoisotopic (exact) mass is 349 g/mol. The normalized spacial score (nSPS) is 16.2. The summed E-state index contributed by atoms with van der Waals surface area (Å²) in [6.45, 7) is 7.95. The topological polar surface area (TPSA) is 69.7 Å². The summed E-state index contributed by atoms with van der Waals surface area (Å²) in [6, 6.07) is 3.37. The summed E-state index contributed by atoms with van der Waals surface area (Å²) in [7, 11) is 0. The lowest BCUT2D eigenvalue weighted by atomic mass is 9.93. The Labute approximate surface area is 146 Å². The van der Waals surface area contributed by atoms with Crippen LogP contribution in [-0.2, 0) is 16.1 Å². The molecule has 0 aromatic carbocycles. The van der Waals surface area contributed by atoms with Crippen LogP contribution in [0.4, 0.5) is 4.79 Å². The third kappa shape index (κ3) is 3.51. The van der Waals surface area contributed by atoms with Crippen LogP contribution >= 0.6 is 11.3 Å². The van der Waals surface area contributed by atoms with Crippen molar-refractivity contribution in [2.75, 3.05) is 13.1 Å². The van der Waals surface area contributed by atoms with Gasteiger partial charge in [0.25, 0.3) is 5.91 Å². The molecule has 0 saturated carbocycles. The zero-order valence-electron chi connectivity index (χ0n) is 14.1. The van der Waals surface area contributed by atoms with Crippen LogP contribution in [0.15, 0.2) is 30.2 Å². The molecule has 0 aliphatic carbocycles. The highest BCUT2D eigenvalue weighted by Crippen LogP contribution is 2.25. The fraction of sp³-hybridized carbons (Fsp3) is 0.471. The van der Waals surface area contributed by atoms with Crippen LogP contribution in [0.1, 0.15) is 31.6 Å². The number of rotatable bonds is 8. The standard InChI is InChI=1S/C17H23N3O3S/c1-4-9-19(11-13-8-7-10-24-13)14(21)12-20-15(22)17(5-2,6-3)18-16(20)23/h4,7-8,10H,1,5-6,9,11-12H2,2-3H3,(H,18,23). The summed E-state index contributed by atoms with van der Waals surface area (Å²) in [4.78, 5) is 41.0. The Morgan fingerprint density at radius 1 is 1.42 bits per heavy atom. The Kier molecular flexibility index (Phi) is 5.77. The first kappa shape index (κ1) is 18.2. The van der Waals surface area contributed by atoms with E-state index in [0.29, 0.717) is 25.9 Å². The van der Waals surface area contributed by atoms with Crippen molar-refractivity contribution >= 4 is 29.2 Å². The lowest BCUT2D eigenvalue weighted by Gasteiger charge is -2.25. The van der Waals surface area contributed by atoms with Crippen LogP contribution in [0.3, 0.4) is 0 Å². The van der Waals surface area contributed by atoms with Gasteiger partial charge in [-0.25, -0.2) is 4.79 Å². The summed E-state index contributed by atoms with van der Waals surface area (Å²) < 4.78 is 0. The van der Waals surface area contributed by atoms with Gasteiger partial charge in [-0.1, -0.05) is 26.0 Å². The highest BCUT2D eigenvalue weighted by molar-refractivity contribution is 7.09. The molecule has 6 nitrogen and oxygen atoms in total. The molecule has 7 heteroatoms. The summed E-state index contributed by atoms with van der Waals surface area (Å²) >= 11 is 1.56. The predicted octanol–water partition coefficient (Wildman–Crippen LogP) is 2.37. The molecule has 2 heterocycles. The zero-order chi connectivity index (χ0) is 17.7. The molecule has 1 aromatic heterocycles. The van der Waals surface area contributed by atoms with Gasteiger partial charge in [0.05, 0.1) is 6.54 Å². The Bertz CT molecular complexity index is 623. The number of nitrogens with one attached hydrogen (secondary N) is 1. The van der Waals surface area contributed by atoms with E-state index >= 15 is 0 Å². The van der Waals surface area contributed by atoms with Crippen molar-refractivity contribution in [2.24, 2.45) is 0 Å². The molecule has 1 fully saturated rings. The predicted molar refractivity (Wildman–Crippen MR) is 93.5 cm³/mol. The first-order valence-corrected chi connectivity index (χ1v) is 8.90. The number of amides is 4. The van der Waals surface area contributed by atoms with Crippen LogP contribution in [-0.4, -0.2) is 46.3 Å². The van der Waals surface area contributed by atoms with Crippen molar-refractivity contribution in [1.82, 2.24) is 15.1 Å². The maximum absolute atomic E-state index is 12.6. The summed E-state index contributed by atoms with van der Waals surface area (Å²) in [5.41, 5.74) is -0.881. The van der Waals surface area contributed by atoms with Gasteiger partial charge in [0.15, 0.2) is 0 Å². The number of hydrogen-bond donors (Lipinski definition) is 1. The number of hydrogen-bond acceptors (Lipinski definition) is 4. The highest BCUT2D eigenvalue weighted by Gasteiger charge is 2.49. The van der Waals surface area contributed by atoms with Gasteiger partial charge in [0.1, 0.15) is 12.1 Å². The molecule has 0 radical (unpaired) electrons. The van der Waals surface area contributed by atoms with Gasteiger partial charge in [-0.05, 0) is 24.3 Å². The minimum absolute atomic E-state index is 0.244. The third-order valence-corrected chi connectivity index (χ3v) is 5.24. The van der Waals surface area contributed by atoms with E-state index in [1.54, 1.807) is 22.3 Å². The van der Waals surface area contributed by atoms with Crippen molar-refractivity contribution in [3.05, 3.63) is 35.0 Å². The highest BCUT2D eigenvalue weighted by atomic mass is 32.1. The number of imide groups is 1. The maximum Gasteiger partial charge on any atom is 0.325 e. The van der Waals surface area contributed by atoms with Crippen LogP contribution in [0.5, 0.6) is 0 Å². The molecule has 0 unspecified atom stereocenters. The molecular weight excluding hydrogens is 326 g/mol. The SMILES string of the molecule is C=CCN(Cc1cccs1)C(=O)CN1C(=O)NC(CC)(CC)C1=O. The van der Waals surface area contributed by atoms with Gasteiger partial charge in [-0.3, -0.25) is 14.5 Å². The third-order valence-electron chi connectivity index (χ3n) is 4.38. The van der Waals surface area contributed by atoms with E-state index in [0.717, 1.165) is 9.78 Å². The number of carbonyl (C=O) groups excluding carboxylic acids is 3. The number of carbonyl (C=O) groups is 3. The van der Waals surface area contributed by atoms with Crippen LogP contribution in [0.2, 0.25) is 0 Å². The molecule has 130 valence electrons. The van der Waals surface area contributed by atoms with Crippen molar-refractivity contribution in [3.63, 3.8) is 0 Å². The zero-order valence-corrected chi connectivity index (χ0v) is 14.9. The van der Waals surface area contributed by atoms with Gasteiger partial charge in [-0.15, -0.1) is 17.9 Å². The fourth-order valence-electron chi connectivity index (χ4n) is 2.79. The van der Waals surface area contributed by atoms with Gasteiger partial charge >= 0.3 is 6.03 Å². The van der Waals surface area contributed by atoms with Gasteiger partial charge in [0.2, 0.25) is 5.91 Å². The van der Waals surface area contributed by atoms with E-state index in [1.165, 1.54) is 0 Å². The molecule has 1 aliphatic heterocycles. The molecule has 1 aliphatic rings. The Morgan fingerprint density at radius 3 is 2.62 bits per heavy atom. The fourth-order valence-corrected chi connectivity index (χ4v) is 3.50. The molecular formula is C17H23N3O3S. The van der Waals surface area contributed by atoms with E-state index < -0.39 is 11.6 Å². The first-order valence-electron chi connectivity index (χ1n) is 8.02. The van der Waals surface area contributed by atoms with Crippen LogP contribution in [0.25, 0.3) is 0 Å². The number of urea groups is 1. The molecule has 0 spiro atoms. The molecule has 24 heavy (non-hydrogen) atoms. The summed E-state index contributed by atoms with van der Waals surface area (Å²) in [5.74, 6) is -0.588. The Hall–Kier alpha value is -2.15. The Morgan fingerprint density at radius 2 is 2.12 bits per heavy atom. The van der Waals surface area contributed by atoms with Crippen LogP contribution < -0.4 is 5.32 Å². The van der Waals surface area contributed by atoms with Crippen molar-refractivity contribution < 1.29 is 14.4 Å². The lowest BCUT2D eigenvalue weighted by Crippen LogP contribution is -2.47. The average molecular weight is 349 g/mol. The van der Waals surface area contributed by atoms with Crippen LogP contribution in [0, 0.1) is 0 Å². The quantitative estimate of drug-likeness (QED) is 0.579. The molecule has 0 atom stereocenters.